The predicted octanol–water partition coefficient (Wildman–Crippen LogP) is 6.73. The highest BCUT2D eigenvalue weighted by molar-refractivity contribution is 5.65. The lowest BCUT2D eigenvalue weighted by molar-refractivity contribution is -0.182. The fraction of sp³-hybridized carbons (Fsp3) is 0.839. The number of fused-ring (bicyclic) bond motifs is 5. The van der Waals surface area contributed by atoms with Gasteiger partial charge in [0.25, 0.3) is 0 Å². The zero-order valence-corrected chi connectivity index (χ0v) is 23.0. The monoisotopic (exact) mass is 470 g/mol. The summed E-state index contributed by atoms with van der Waals surface area (Å²) in [6, 6.07) is 0. The van der Waals surface area contributed by atoms with Crippen molar-refractivity contribution in [2.45, 2.75) is 113 Å². The van der Waals surface area contributed by atoms with E-state index < -0.39 is 23.0 Å². The molecule has 9 atom stereocenters. The molecule has 0 saturated heterocycles. The summed E-state index contributed by atoms with van der Waals surface area (Å²) in [6.45, 7) is 18.2. The second-order valence-corrected chi connectivity index (χ2v) is 14.6. The number of carbonyl (C=O) groups excluding carboxylic acids is 1. The second kappa shape index (κ2) is 8.30. The number of allylic oxidation sites excluding steroid dienone is 2. The summed E-state index contributed by atoms with van der Waals surface area (Å²) < 4.78 is 0. The van der Waals surface area contributed by atoms with Crippen LogP contribution in [-0.2, 0) is 4.79 Å². The van der Waals surface area contributed by atoms with E-state index in [0.29, 0.717) is 11.8 Å². The van der Waals surface area contributed by atoms with Crippen LogP contribution in [0.5, 0.6) is 0 Å². The van der Waals surface area contributed by atoms with Crippen LogP contribution < -0.4 is 0 Å². The predicted molar refractivity (Wildman–Crippen MR) is 139 cm³/mol. The molecule has 2 N–H and O–H groups in total. The van der Waals surface area contributed by atoms with Crippen LogP contribution in [0, 0.1) is 50.7 Å². The smallest absolute Gasteiger partial charge is 0.127 e. The topological polar surface area (TPSA) is 57.5 Å². The molecule has 3 saturated carbocycles. The lowest BCUT2D eigenvalue weighted by atomic mass is 9.38. The summed E-state index contributed by atoms with van der Waals surface area (Å²) in [5, 5.41) is 22.5. The Hall–Kier alpha value is -0.930. The third-order valence-corrected chi connectivity index (χ3v) is 11.5. The molecule has 3 heteroatoms. The average molecular weight is 471 g/mol. The molecule has 0 amide bonds. The lowest BCUT2D eigenvalue weighted by Gasteiger charge is -2.66. The summed E-state index contributed by atoms with van der Waals surface area (Å²) >= 11 is 0. The molecule has 4 aliphatic carbocycles. The van der Waals surface area contributed by atoms with Crippen molar-refractivity contribution in [1.29, 1.82) is 0 Å². The fourth-order valence-corrected chi connectivity index (χ4v) is 9.35. The van der Waals surface area contributed by atoms with Gasteiger partial charge in [0.1, 0.15) is 6.29 Å². The standard InChI is InChI=1S/C31H50O3/c1-20(10-9-14-27(2,3)4)21-13-15-30(8)26-24(33)18-23-22(11-12-25(34)28(23,5)6)31(26,19-32)17-16-29(21,30)7/h9,14,18-22,24-26,33-34H,10-13,15-17H2,1-8H3/b14-9+/t20-,21-,22?,24+,25+,26?,29-,30+,31-/m1/s1. The normalized spacial score (nSPS) is 46.9. The first-order chi connectivity index (χ1) is 15.6. The molecule has 4 aliphatic rings. The molecule has 0 bridgehead atoms. The molecule has 0 heterocycles. The van der Waals surface area contributed by atoms with Crippen molar-refractivity contribution >= 4 is 6.29 Å². The SMILES string of the molecule is C[C@H](C/C=C/C(C)(C)C)[C@H]1CC[C@@]2(C)C3[C@@H](O)C=C4C(CC[C@H](O)C4(C)C)[C@]3(C=O)CC[C@]12C. The highest BCUT2D eigenvalue weighted by Crippen LogP contribution is 2.74. The molecule has 0 aliphatic heterocycles. The van der Waals surface area contributed by atoms with Gasteiger partial charge in [0.05, 0.1) is 12.2 Å². The van der Waals surface area contributed by atoms with Gasteiger partial charge < -0.3 is 15.0 Å². The average Bonchev–Trinajstić information content (AvgIpc) is 3.01. The van der Waals surface area contributed by atoms with Gasteiger partial charge in [-0.25, -0.2) is 0 Å². The van der Waals surface area contributed by atoms with Crippen molar-refractivity contribution in [2.24, 2.45) is 50.7 Å². The Balaban J connectivity index is 1.70. The van der Waals surface area contributed by atoms with Crippen LogP contribution in [0.1, 0.15) is 100 Å². The number of hydrogen-bond donors (Lipinski definition) is 2. The van der Waals surface area contributed by atoms with E-state index in [2.05, 4.69) is 73.6 Å². The fourth-order valence-electron chi connectivity index (χ4n) is 9.35. The number of aliphatic hydroxyl groups is 2. The van der Waals surface area contributed by atoms with E-state index in [9.17, 15) is 15.0 Å². The summed E-state index contributed by atoms with van der Waals surface area (Å²) in [4.78, 5) is 13.1. The number of aldehydes is 1. The van der Waals surface area contributed by atoms with Crippen LogP contribution in [0.25, 0.3) is 0 Å². The van der Waals surface area contributed by atoms with Gasteiger partial charge >= 0.3 is 0 Å². The quantitative estimate of drug-likeness (QED) is 0.354. The molecule has 0 aromatic carbocycles. The van der Waals surface area contributed by atoms with Gasteiger partial charge in [-0.15, -0.1) is 0 Å². The Morgan fingerprint density at radius 2 is 1.71 bits per heavy atom. The zero-order chi connectivity index (χ0) is 25.3. The summed E-state index contributed by atoms with van der Waals surface area (Å²) in [5.41, 5.74) is 0.484. The minimum Gasteiger partial charge on any atom is -0.392 e. The van der Waals surface area contributed by atoms with E-state index in [1.165, 1.54) is 12.7 Å². The van der Waals surface area contributed by atoms with Gasteiger partial charge in [0, 0.05) is 16.7 Å². The summed E-state index contributed by atoms with van der Waals surface area (Å²) in [7, 11) is 0. The van der Waals surface area contributed by atoms with Gasteiger partial charge in [-0.3, -0.25) is 0 Å². The molecule has 2 unspecified atom stereocenters. The van der Waals surface area contributed by atoms with Gasteiger partial charge in [0.2, 0.25) is 0 Å². The Kier molecular flexibility index (Phi) is 6.38. The van der Waals surface area contributed by atoms with E-state index in [0.717, 1.165) is 44.1 Å². The van der Waals surface area contributed by atoms with E-state index in [1.54, 1.807) is 0 Å². The van der Waals surface area contributed by atoms with Crippen molar-refractivity contribution < 1.29 is 15.0 Å². The van der Waals surface area contributed by atoms with Crippen LogP contribution in [0.4, 0.5) is 0 Å². The lowest BCUT2D eigenvalue weighted by Crippen LogP contribution is -2.64. The van der Waals surface area contributed by atoms with Crippen LogP contribution in [0.2, 0.25) is 0 Å². The molecule has 3 fully saturated rings. The maximum Gasteiger partial charge on any atom is 0.127 e. The highest BCUT2D eigenvalue weighted by Gasteiger charge is 2.70. The number of carbonyl (C=O) groups is 1. The third-order valence-electron chi connectivity index (χ3n) is 11.5. The van der Waals surface area contributed by atoms with Gasteiger partial charge in [-0.1, -0.05) is 79.2 Å². The third kappa shape index (κ3) is 3.62. The maximum absolute atomic E-state index is 13.1. The first-order valence-electron chi connectivity index (χ1n) is 13.9. The largest absolute Gasteiger partial charge is 0.392 e. The van der Waals surface area contributed by atoms with Crippen molar-refractivity contribution in [2.75, 3.05) is 0 Å². The highest BCUT2D eigenvalue weighted by atomic mass is 16.3. The minimum absolute atomic E-state index is 0.0432. The Bertz CT molecular complexity index is 862. The van der Waals surface area contributed by atoms with E-state index in [-0.39, 0.29) is 28.1 Å². The second-order valence-electron chi connectivity index (χ2n) is 14.6. The van der Waals surface area contributed by atoms with Gasteiger partial charge in [0.15, 0.2) is 0 Å². The molecular weight excluding hydrogens is 420 g/mol. The molecular formula is C31H50O3. The van der Waals surface area contributed by atoms with E-state index in [4.69, 9.17) is 0 Å². The van der Waals surface area contributed by atoms with Crippen LogP contribution in [-0.4, -0.2) is 28.7 Å². The van der Waals surface area contributed by atoms with Gasteiger partial charge in [-0.2, -0.15) is 0 Å². The first-order valence-corrected chi connectivity index (χ1v) is 13.9. The van der Waals surface area contributed by atoms with Gasteiger partial charge in [-0.05, 0) is 78.9 Å². The van der Waals surface area contributed by atoms with Crippen molar-refractivity contribution in [3.05, 3.63) is 23.8 Å². The zero-order valence-electron chi connectivity index (χ0n) is 23.0. The Labute approximate surface area is 208 Å². The summed E-state index contributed by atoms with van der Waals surface area (Å²) in [6.07, 6.45) is 13.9. The number of rotatable bonds is 4. The Morgan fingerprint density at radius 1 is 1.03 bits per heavy atom. The van der Waals surface area contributed by atoms with Crippen molar-refractivity contribution in [3.8, 4) is 0 Å². The Morgan fingerprint density at radius 3 is 2.32 bits per heavy atom. The minimum atomic E-state index is -0.625. The summed E-state index contributed by atoms with van der Waals surface area (Å²) in [5.74, 6) is 1.29. The molecule has 0 aromatic heterocycles. The molecule has 0 spiro atoms. The molecule has 0 radical (unpaired) electrons. The number of hydrogen-bond acceptors (Lipinski definition) is 3. The van der Waals surface area contributed by atoms with E-state index >= 15 is 0 Å². The van der Waals surface area contributed by atoms with Crippen molar-refractivity contribution in [1.82, 2.24) is 0 Å². The molecule has 34 heavy (non-hydrogen) atoms. The first kappa shape index (κ1) is 26.1. The maximum atomic E-state index is 13.1. The van der Waals surface area contributed by atoms with Crippen LogP contribution in [0.3, 0.4) is 0 Å². The molecule has 0 aromatic rings. The van der Waals surface area contributed by atoms with Crippen LogP contribution in [0.15, 0.2) is 23.8 Å². The van der Waals surface area contributed by atoms with E-state index in [1.807, 2.05) is 0 Å². The molecule has 192 valence electrons. The molecule has 4 rings (SSSR count). The number of aliphatic hydroxyl groups excluding tert-OH is 2. The van der Waals surface area contributed by atoms with Crippen molar-refractivity contribution in [3.63, 3.8) is 0 Å². The molecule has 3 nitrogen and oxygen atoms in total. The van der Waals surface area contributed by atoms with Crippen LogP contribution >= 0.6 is 0 Å².